The second-order valence-electron chi connectivity index (χ2n) is 6.09. The summed E-state index contributed by atoms with van der Waals surface area (Å²) in [7, 11) is -4.83. The van der Waals surface area contributed by atoms with Crippen molar-refractivity contribution in [3.05, 3.63) is 59.7 Å². The summed E-state index contributed by atoms with van der Waals surface area (Å²) < 4.78 is 37.4. The largest absolute Gasteiger partial charge is 0.748 e. The minimum absolute atomic E-state index is 0.0592. The maximum absolute atomic E-state index is 11.9. The van der Waals surface area contributed by atoms with E-state index in [2.05, 4.69) is 0 Å². The summed E-state index contributed by atoms with van der Waals surface area (Å²) in [5, 5.41) is 10.9. The number of fused-ring (bicyclic) bond motifs is 3. The molecule has 0 saturated carbocycles. The smallest absolute Gasteiger partial charge is 0.407 e. The molecule has 0 bridgehead atoms. The van der Waals surface area contributed by atoms with Gasteiger partial charge in [0.25, 0.3) is 0 Å². The number of carboxylic acids is 1. The van der Waals surface area contributed by atoms with Crippen molar-refractivity contribution in [1.82, 2.24) is 5.32 Å². The van der Waals surface area contributed by atoms with Gasteiger partial charge in [0.15, 0.2) is 0 Å². The third-order valence-electron chi connectivity index (χ3n) is 4.30. The number of carboxylic acid groups (broad SMARTS) is 1. The predicted molar refractivity (Wildman–Crippen MR) is 94.2 cm³/mol. The Morgan fingerprint density at radius 1 is 1.07 bits per heavy atom. The Morgan fingerprint density at radius 3 is 2.07 bits per heavy atom. The van der Waals surface area contributed by atoms with E-state index in [1.807, 2.05) is 53.8 Å². The van der Waals surface area contributed by atoms with Gasteiger partial charge in [0.1, 0.15) is 12.6 Å². The molecule has 3 rings (SSSR count). The number of benzene rings is 2. The molecule has 8 nitrogen and oxygen atoms in total. The number of aliphatic carboxylic acids is 1. The van der Waals surface area contributed by atoms with Crippen LogP contribution in [0.2, 0.25) is 0 Å². The highest BCUT2D eigenvalue weighted by atomic mass is 32.2. The van der Waals surface area contributed by atoms with Crippen LogP contribution in [0.25, 0.3) is 11.1 Å². The van der Waals surface area contributed by atoms with Crippen molar-refractivity contribution < 1.29 is 32.4 Å². The lowest BCUT2D eigenvalue weighted by molar-refractivity contribution is -0.138. The van der Waals surface area contributed by atoms with E-state index >= 15 is 0 Å². The average Bonchev–Trinajstić information content (AvgIpc) is 2.92. The number of amides is 1. The van der Waals surface area contributed by atoms with Gasteiger partial charge in [-0.15, -0.1) is 0 Å². The maximum Gasteiger partial charge on any atom is 0.407 e. The van der Waals surface area contributed by atoms with Crippen LogP contribution in [0.15, 0.2) is 48.5 Å². The highest BCUT2D eigenvalue weighted by Gasteiger charge is 2.30. The summed E-state index contributed by atoms with van der Waals surface area (Å²) in [5.74, 6) is -3.12. The molecule has 2 aromatic rings. The van der Waals surface area contributed by atoms with E-state index in [-0.39, 0.29) is 12.5 Å². The first-order chi connectivity index (χ1) is 12.8. The van der Waals surface area contributed by atoms with Crippen LogP contribution >= 0.6 is 0 Å². The number of alkyl carbamates (subject to hydrolysis) is 1. The standard InChI is InChI=1S/C18H17NO7S/c20-17(21)16(10-27(23,24)25)19-18(22)26-9-15-13-7-3-1-5-11(13)12-6-2-4-8-14(12)15/h1-8,15-16H,9-10H2,(H,19,22)(H,20,21)(H,23,24,25)/p-1/t16-/m1/s1. The number of hydrogen-bond acceptors (Lipinski definition) is 6. The number of hydrogen-bond donors (Lipinski definition) is 2. The second kappa shape index (κ2) is 7.37. The minimum Gasteiger partial charge on any atom is -0.748 e. The van der Waals surface area contributed by atoms with Crippen molar-refractivity contribution in [3.8, 4) is 11.1 Å². The number of ether oxygens (including phenoxy) is 1. The van der Waals surface area contributed by atoms with Crippen LogP contribution < -0.4 is 5.32 Å². The fourth-order valence-electron chi connectivity index (χ4n) is 3.16. The van der Waals surface area contributed by atoms with Crippen molar-refractivity contribution in [1.29, 1.82) is 0 Å². The molecule has 0 heterocycles. The van der Waals surface area contributed by atoms with Crippen LogP contribution in [0, 0.1) is 0 Å². The van der Waals surface area contributed by atoms with E-state index in [4.69, 9.17) is 9.84 Å². The zero-order valence-corrected chi connectivity index (χ0v) is 14.8. The third kappa shape index (κ3) is 4.26. The summed E-state index contributed by atoms with van der Waals surface area (Å²) in [6.07, 6.45) is -1.10. The van der Waals surface area contributed by atoms with E-state index in [0.717, 1.165) is 22.3 Å². The summed E-state index contributed by atoms with van der Waals surface area (Å²) >= 11 is 0. The van der Waals surface area contributed by atoms with E-state index in [0.29, 0.717) is 0 Å². The Hall–Kier alpha value is -2.91. The molecule has 1 aliphatic carbocycles. The van der Waals surface area contributed by atoms with Gasteiger partial charge in [-0.2, -0.15) is 0 Å². The molecule has 0 fully saturated rings. The van der Waals surface area contributed by atoms with Gasteiger partial charge in [-0.1, -0.05) is 48.5 Å². The fraction of sp³-hybridized carbons (Fsp3) is 0.222. The quantitative estimate of drug-likeness (QED) is 0.715. The Morgan fingerprint density at radius 2 is 1.59 bits per heavy atom. The first-order valence-corrected chi connectivity index (χ1v) is 9.62. The molecule has 1 aliphatic rings. The lowest BCUT2D eigenvalue weighted by Crippen LogP contribution is -2.45. The van der Waals surface area contributed by atoms with E-state index in [1.165, 1.54) is 0 Å². The van der Waals surface area contributed by atoms with Crippen LogP contribution in [-0.4, -0.2) is 48.5 Å². The molecule has 0 spiro atoms. The van der Waals surface area contributed by atoms with Gasteiger partial charge >= 0.3 is 12.1 Å². The van der Waals surface area contributed by atoms with Crippen molar-refractivity contribution >= 4 is 22.2 Å². The lowest BCUT2D eigenvalue weighted by Gasteiger charge is -2.18. The van der Waals surface area contributed by atoms with Gasteiger partial charge in [-0.3, -0.25) is 0 Å². The van der Waals surface area contributed by atoms with Gasteiger partial charge in [-0.25, -0.2) is 18.0 Å². The lowest BCUT2D eigenvalue weighted by atomic mass is 9.98. The average molecular weight is 390 g/mol. The maximum atomic E-state index is 11.9. The molecule has 9 heteroatoms. The molecule has 0 saturated heterocycles. The van der Waals surface area contributed by atoms with Gasteiger partial charge in [0.05, 0.1) is 15.9 Å². The van der Waals surface area contributed by atoms with Crippen LogP contribution in [0.1, 0.15) is 17.0 Å². The zero-order valence-electron chi connectivity index (χ0n) is 14.0. The highest BCUT2D eigenvalue weighted by Crippen LogP contribution is 2.44. The van der Waals surface area contributed by atoms with Gasteiger partial charge in [-0.05, 0) is 22.3 Å². The molecule has 2 N–H and O–H groups in total. The summed E-state index contributed by atoms with van der Waals surface area (Å²) in [5.41, 5.74) is 4.01. The van der Waals surface area contributed by atoms with Gasteiger partial charge in [0, 0.05) is 5.92 Å². The molecule has 0 aromatic heterocycles. The van der Waals surface area contributed by atoms with E-state index in [9.17, 15) is 22.6 Å². The molecule has 1 atom stereocenters. The zero-order chi connectivity index (χ0) is 19.6. The Labute approximate surface area is 155 Å². The monoisotopic (exact) mass is 390 g/mol. The molecular formula is C18H16NO7S-. The minimum atomic E-state index is -4.83. The molecule has 2 aromatic carbocycles. The molecule has 27 heavy (non-hydrogen) atoms. The van der Waals surface area contributed by atoms with Crippen molar-refractivity contribution in [3.63, 3.8) is 0 Å². The van der Waals surface area contributed by atoms with Crippen LogP contribution in [0.3, 0.4) is 0 Å². The highest BCUT2D eigenvalue weighted by molar-refractivity contribution is 7.85. The first-order valence-electron chi connectivity index (χ1n) is 8.04. The topological polar surface area (TPSA) is 133 Å². The SMILES string of the molecule is O=C(N[C@H](CS(=O)(=O)[O-])C(=O)O)OCC1c2ccccc2-c2ccccc21. The van der Waals surface area contributed by atoms with Crippen LogP contribution in [0.4, 0.5) is 4.79 Å². The Balaban J connectivity index is 1.71. The number of carbonyl (C=O) groups is 2. The third-order valence-corrected chi connectivity index (χ3v) is 5.05. The second-order valence-corrected chi connectivity index (χ2v) is 7.53. The fourth-order valence-corrected chi connectivity index (χ4v) is 3.80. The van der Waals surface area contributed by atoms with E-state index in [1.54, 1.807) is 0 Å². The summed E-state index contributed by atoms with van der Waals surface area (Å²) in [6, 6.07) is 13.5. The Kier molecular flexibility index (Phi) is 5.15. The van der Waals surface area contributed by atoms with Crippen molar-refractivity contribution in [2.75, 3.05) is 12.4 Å². The molecule has 142 valence electrons. The van der Waals surface area contributed by atoms with Crippen LogP contribution in [-0.2, 0) is 19.6 Å². The predicted octanol–water partition coefficient (Wildman–Crippen LogP) is 1.52. The number of rotatable bonds is 6. The summed E-state index contributed by atoms with van der Waals surface area (Å²) in [4.78, 5) is 23.0. The summed E-state index contributed by atoms with van der Waals surface area (Å²) in [6.45, 7) is -0.0592. The van der Waals surface area contributed by atoms with Crippen molar-refractivity contribution in [2.24, 2.45) is 0 Å². The Bertz CT molecular complexity index is 941. The van der Waals surface area contributed by atoms with E-state index < -0.39 is 34.0 Å². The molecule has 0 aliphatic heterocycles. The molecule has 1 amide bonds. The molecule has 0 unspecified atom stereocenters. The first kappa shape index (κ1) is 18.9. The van der Waals surface area contributed by atoms with Crippen molar-refractivity contribution in [2.45, 2.75) is 12.0 Å². The van der Waals surface area contributed by atoms with Crippen LogP contribution in [0.5, 0.6) is 0 Å². The normalized spacial score (nSPS) is 14.1. The number of nitrogens with one attached hydrogen (secondary N) is 1. The number of carbonyl (C=O) groups excluding carboxylic acids is 1. The molecule has 0 radical (unpaired) electrons. The van der Waals surface area contributed by atoms with Gasteiger partial charge in [0.2, 0.25) is 0 Å². The molecular weight excluding hydrogens is 374 g/mol. The van der Waals surface area contributed by atoms with Gasteiger partial charge < -0.3 is 19.7 Å².